The SMILES string of the molecule is [2H]c1c([2H])c([2H])c2c(c1[2H])n(-c1cccc(C(F)(F)c3ccc4c5ccncc5n(-c5cc(C(C)(C)C)ccn5)c4c3)c1)c[n+]2-c1c(C(C)(C)C)cccc1C(C)(C)C. The Morgan fingerprint density at radius 2 is 1.31 bits per heavy atom. The van der Waals surface area contributed by atoms with Gasteiger partial charge >= 0.3 is 0 Å². The van der Waals surface area contributed by atoms with Crippen molar-refractivity contribution in [1.82, 2.24) is 19.1 Å². The maximum absolute atomic E-state index is 17.2. The molecule has 4 aromatic heterocycles. The number of pyridine rings is 2. The molecule has 55 heavy (non-hydrogen) atoms. The average Bonchev–Trinajstić information content (AvgIpc) is 3.75. The summed E-state index contributed by atoms with van der Waals surface area (Å²) in [7, 11) is 0. The molecule has 0 amide bonds. The van der Waals surface area contributed by atoms with Gasteiger partial charge in [-0.05, 0) is 70.3 Å². The predicted molar refractivity (Wildman–Crippen MR) is 220 cm³/mol. The molecule has 0 spiro atoms. The van der Waals surface area contributed by atoms with Crippen molar-refractivity contribution in [1.29, 1.82) is 0 Å². The van der Waals surface area contributed by atoms with Gasteiger partial charge in [0, 0.05) is 45.4 Å². The molecule has 0 fully saturated rings. The van der Waals surface area contributed by atoms with Crippen LogP contribution in [0.4, 0.5) is 8.78 Å². The minimum Gasteiger partial charge on any atom is -0.292 e. The number of halogens is 2. The molecule has 8 aromatic rings. The zero-order valence-electron chi connectivity index (χ0n) is 36.8. The molecule has 4 heterocycles. The molecule has 278 valence electrons. The van der Waals surface area contributed by atoms with Gasteiger partial charge in [-0.25, -0.2) is 4.98 Å². The first-order valence-corrected chi connectivity index (χ1v) is 18.6. The summed E-state index contributed by atoms with van der Waals surface area (Å²) in [5.74, 6) is -2.87. The van der Waals surface area contributed by atoms with Gasteiger partial charge in [-0.1, -0.05) is 117 Å². The first kappa shape index (κ1) is 31.6. The molecule has 0 aliphatic heterocycles. The smallest absolute Gasteiger partial charge is 0.292 e. The number of para-hydroxylation sites is 3. The Balaban J connectivity index is 1.34. The predicted octanol–water partition coefficient (Wildman–Crippen LogP) is 11.8. The Hall–Kier alpha value is -5.69. The minimum absolute atomic E-state index is 0.165. The number of fused-ring (bicyclic) bond motifs is 4. The summed E-state index contributed by atoms with van der Waals surface area (Å²) in [5.41, 5.74) is 4.55. The van der Waals surface area contributed by atoms with Crippen LogP contribution in [0.2, 0.25) is 0 Å². The number of benzene rings is 4. The van der Waals surface area contributed by atoms with Gasteiger partial charge in [0.25, 0.3) is 12.2 Å². The van der Waals surface area contributed by atoms with Crippen LogP contribution in [0.5, 0.6) is 0 Å². The lowest BCUT2D eigenvalue weighted by molar-refractivity contribution is -0.569. The van der Waals surface area contributed by atoms with E-state index in [1.165, 1.54) is 24.3 Å². The largest absolute Gasteiger partial charge is 0.298 e. The third kappa shape index (κ3) is 6.20. The monoisotopic (exact) mass is 736 g/mol. The summed E-state index contributed by atoms with van der Waals surface area (Å²) in [4.78, 5) is 9.06. The van der Waals surface area contributed by atoms with Gasteiger partial charge in [-0.3, -0.25) is 9.55 Å². The van der Waals surface area contributed by atoms with Crippen LogP contribution in [0.3, 0.4) is 0 Å². The van der Waals surface area contributed by atoms with E-state index in [4.69, 9.17) is 9.10 Å². The molecule has 5 nitrogen and oxygen atoms in total. The molecule has 0 unspecified atom stereocenters. The molecule has 4 aromatic carbocycles. The van der Waals surface area contributed by atoms with Crippen molar-refractivity contribution in [2.45, 2.75) is 84.5 Å². The van der Waals surface area contributed by atoms with Crippen LogP contribution in [0, 0.1) is 0 Å². The second kappa shape index (κ2) is 12.7. The number of hydrogen-bond donors (Lipinski definition) is 0. The van der Waals surface area contributed by atoms with Gasteiger partial charge in [0.1, 0.15) is 17.2 Å². The van der Waals surface area contributed by atoms with Crippen molar-refractivity contribution in [3.8, 4) is 17.2 Å². The number of rotatable bonds is 5. The number of imidazole rings is 1. The van der Waals surface area contributed by atoms with Crippen LogP contribution in [-0.2, 0) is 22.2 Å². The molecule has 0 atom stereocenters. The van der Waals surface area contributed by atoms with Gasteiger partial charge in [0.2, 0.25) is 0 Å². The van der Waals surface area contributed by atoms with E-state index in [1.54, 1.807) is 47.7 Å². The molecule has 0 aliphatic rings. The van der Waals surface area contributed by atoms with Crippen molar-refractivity contribution in [2.75, 3.05) is 0 Å². The fourth-order valence-corrected chi connectivity index (χ4v) is 7.59. The summed E-state index contributed by atoms with van der Waals surface area (Å²) in [6.07, 6.45) is 6.89. The van der Waals surface area contributed by atoms with Crippen LogP contribution in [0.1, 0.15) is 95.6 Å². The van der Waals surface area contributed by atoms with Gasteiger partial charge in [0.15, 0.2) is 11.0 Å². The average molecular weight is 737 g/mol. The summed E-state index contributed by atoms with van der Waals surface area (Å²) in [6.45, 7) is 19.0. The Morgan fingerprint density at radius 1 is 0.636 bits per heavy atom. The molecule has 0 radical (unpaired) electrons. The Morgan fingerprint density at radius 3 is 2.02 bits per heavy atom. The normalized spacial score (nSPS) is 14.0. The maximum Gasteiger partial charge on any atom is 0.298 e. The van der Waals surface area contributed by atoms with E-state index in [2.05, 4.69) is 67.3 Å². The van der Waals surface area contributed by atoms with Crippen LogP contribution in [-0.4, -0.2) is 19.1 Å². The van der Waals surface area contributed by atoms with Crippen LogP contribution < -0.4 is 4.57 Å². The summed E-state index contributed by atoms with van der Waals surface area (Å²) in [5, 5.41) is 1.66. The highest BCUT2D eigenvalue weighted by Crippen LogP contribution is 2.41. The fraction of sp³-hybridized carbons (Fsp3) is 0.271. The third-order valence-corrected chi connectivity index (χ3v) is 10.5. The molecular weight excluding hydrogens is 685 g/mol. The van der Waals surface area contributed by atoms with E-state index in [0.717, 1.165) is 38.7 Å². The first-order valence-electron chi connectivity index (χ1n) is 20.6. The van der Waals surface area contributed by atoms with E-state index in [9.17, 15) is 1.37 Å². The molecular formula is C48H48F2N5+. The number of hydrogen-bond acceptors (Lipinski definition) is 2. The van der Waals surface area contributed by atoms with E-state index < -0.39 is 12.0 Å². The summed E-state index contributed by atoms with van der Waals surface area (Å²) >= 11 is 0. The topological polar surface area (TPSA) is 39.5 Å². The van der Waals surface area contributed by atoms with Gasteiger partial charge in [-0.2, -0.15) is 17.9 Å². The van der Waals surface area contributed by atoms with Crippen molar-refractivity contribution in [3.63, 3.8) is 0 Å². The van der Waals surface area contributed by atoms with E-state index in [-0.39, 0.29) is 56.5 Å². The van der Waals surface area contributed by atoms with Gasteiger partial charge in [0.05, 0.1) is 22.7 Å². The third-order valence-electron chi connectivity index (χ3n) is 10.5. The zero-order chi connectivity index (χ0) is 42.6. The number of nitrogens with zero attached hydrogens (tertiary/aromatic N) is 5. The first-order chi connectivity index (χ1) is 27.6. The zero-order valence-corrected chi connectivity index (χ0v) is 32.8. The highest BCUT2D eigenvalue weighted by atomic mass is 19.3. The standard InChI is InChI=1S/C48H48F2N5/c1-45(2,3)31-22-25-52-43(28-31)55-41-27-33(20-21-35(41)36-23-24-51-29-42(36)55)48(49,50)32-14-12-15-34(26-32)53-30-54(40-19-11-10-18-39(40)53)44-37(46(4,5)6)16-13-17-38(44)47(7,8)9/h10-30H,1-9H3/q+1/i10D,11D,18D,19D. The van der Waals surface area contributed by atoms with E-state index in [1.807, 2.05) is 45.5 Å². The molecule has 8 rings (SSSR count). The van der Waals surface area contributed by atoms with Crippen LogP contribution in [0.15, 0.2) is 128 Å². The lowest BCUT2D eigenvalue weighted by atomic mass is 9.78. The van der Waals surface area contributed by atoms with Gasteiger partial charge < -0.3 is 0 Å². The fourth-order valence-electron chi connectivity index (χ4n) is 7.59. The number of aromatic nitrogens is 5. The van der Waals surface area contributed by atoms with Crippen LogP contribution >= 0.6 is 0 Å². The molecule has 0 bridgehead atoms. The van der Waals surface area contributed by atoms with Crippen LogP contribution in [0.25, 0.3) is 50.0 Å². The number of alkyl halides is 2. The highest BCUT2D eigenvalue weighted by molar-refractivity contribution is 6.09. The molecule has 7 heteroatoms. The van der Waals surface area contributed by atoms with Crippen molar-refractivity contribution in [2.24, 2.45) is 0 Å². The maximum atomic E-state index is 17.2. The Bertz CT molecular complexity index is 2950. The minimum atomic E-state index is -3.47. The highest BCUT2D eigenvalue weighted by Gasteiger charge is 2.36. The molecule has 0 saturated heterocycles. The van der Waals surface area contributed by atoms with Crippen molar-refractivity contribution >= 4 is 32.8 Å². The van der Waals surface area contributed by atoms with E-state index in [0.29, 0.717) is 17.0 Å². The molecule has 0 saturated carbocycles. The Labute approximate surface area is 327 Å². The lowest BCUT2D eigenvalue weighted by Gasteiger charge is -2.27. The van der Waals surface area contributed by atoms with Crippen molar-refractivity contribution < 1.29 is 18.8 Å². The summed E-state index contributed by atoms with van der Waals surface area (Å²) < 4.78 is 75.3. The molecule has 0 N–H and O–H groups in total. The Kier molecular flexibility index (Phi) is 7.30. The van der Waals surface area contributed by atoms with Crippen molar-refractivity contribution in [3.05, 3.63) is 156 Å². The van der Waals surface area contributed by atoms with Gasteiger partial charge in [-0.15, -0.1) is 0 Å². The lowest BCUT2D eigenvalue weighted by Crippen LogP contribution is -2.37. The second-order valence-corrected chi connectivity index (χ2v) is 17.5. The quantitative estimate of drug-likeness (QED) is 0.165. The summed E-state index contributed by atoms with van der Waals surface area (Å²) in [6, 6.07) is 21.4. The van der Waals surface area contributed by atoms with E-state index >= 15 is 8.78 Å². The second-order valence-electron chi connectivity index (χ2n) is 17.5. The molecule has 0 aliphatic carbocycles.